The van der Waals surface area contributed by atoms with Crippen molar-refractivity contribution < 1.29 is 14.0 Å². The highest BCUT2D eigenvalue weighted by Crippen LogP contribution is 2.43. The molecule has 3 aromatic carbocycles. The third kappa shape index (κ3) is 3.96. The minimum Gasteiger partial charge on any atom is -0.322 e. The van der Waals surface area contributed by atoms with E-state index in [-0.39, 0.29) is 17.2 Å². The molecule has 1 N–H and O–H groups in total. The molecule has 3 aromatic rings. The predicted molar refractivity (Wildman–Crippen MR) is 119 cm³/mol. The van der Waals surface area contributed by atoms with E-state index in [1.165, 1.54) is 22.7 Å². The van der Waals surface area contributed by atoms with Crippen LogP contribution < -0.4 is 10.2 Å². The number of amides is 2. The van der Waals surface area contributed by atoms with Gasteiger partial charge in [-0.1, -0.05) is 36.4 Å². The van der Waals surface area contributed by atoms with Crippen molar-refractivity contribution in [2.75, 3.05) is 16.0 Å². The van der Waals surface area contributed by atoms with Crippen molar-refractivity contribution in [3.05, 3.63) is 94.8 Å². The Labute approximate surface area is 179 Å². The molecule has 1 heterocycles. The lowest BCUT2D eigenvalue weighted by atomic mass is 10.1. The van der Waals surface area contributed by atoms with E-state index in [1.807, 2.05) is 44.2 Å². The summed E-state index contributed by atoms with van der Waals surface area (Å²) in [5, 5.41) is 2.59. The standard InChI is InChI=1S/C24H21FN2O2S/c1-15-7-12-20(25)21(13-15)27-22(28)14-30-24(27)17-8-10-18(11-9-17)26-23(29)19-6-4-3-5-16(19)2/h3-13,24H,14H2,1-2H3,(H,26,29). The molecule has 4 rings (SSSR count). The molecule has 1 saturated heterocycles. The van der Waals surface area contributed by atoms with Gasteiger partial charge in [-0.2, -0.15) is 0 Å². The summed E-state index contributed by atoms with van der Waals surface area (Å²) in [6.07, 6.45) is 0. The van der Waals surface area contributed by atoms with Crippen molar-refractivity contribution >= 4 is 35.0 Å². The number of halogens is 1. The minimum absolute atomic E-state index is 0.119. The molecule has 0 aromatic heterocycles. The van der Waals surface area contributed by atoms with Crippen molar-refractivity contribution in [1.82, 2.24) is 0 Å². The fourth-order valence-corrected chi connectivity index (χ4v) is 4.66. The molecule has 0 bridgehead atoms. The van der Waals surface area contributed by atoms with Crippen LogP contribution in [0.2, 0.25) is 0 Å². The average Bonchev–Trinajstić information content (AvgIpc) is 3.12. The molecule has 0 spiro atoms. The van der Waals surface area contributed by atoms with Gasteiger partial charge < -0.3 is 5.32 Å². The van der Waals surface area contributed by atoms with Gasteiger partial charge in [0.05, 0.1) is 11.4 Å². The van der Waals surface area contributed by atoms with E-state index < -0.39 is 5.82 Å². The highest BCUT2D eigenvalue weighted by Gasteiger charge is 2.35. The van der Waals surface area contributed by atoms with Crippen molar-refractivity contribution in [2.45, 2.75) is 19.2 Å². The second-order valence-electron chi connectivity index (χ2n) is 7.27. The monoisotopic (exact) mass is 420 g/mol. The molecular formula is C24H21FN2O2S. The molecule has 0 saturated carbocycles. The van der Waals surface area contributed by atoms with Crippen molar-refractivity contribution in [3.8, 4) is 0 Å². The van der Waals surface area contributed by atoms with E-state index >= 15 is 0 Å². The largest absolute Gasteiger partial charge is 0.322 e. The van der Waals surface area contributed by atoms with Crippen LogP contribution >= 0.6 is 11.8 Å². The zero-order valence-electron chi connectivity index (χ0n) is 16.7. The number of anilines is 2. The minimum atomic E-state index is -0.413. The highest BCUT2D eigenvalue weighted by atomic mass is 32.2. The van der Waals surface area contributed by atoms with Crippen LogP contribution in [0.5, 0.6) is 0 Å². The molecule has 4 nitrogen and oxygen atoms in total. The normalized spacial score (nSPS) is 16.0. The summed E-state index contributed by atoms with van der Waals surface area (Å²) in [5.74, 6) is -0.409. The molecule has 0 radical (unpaired) electrons. The van der Waals surface area contributed by atoms with Gasteiger partial charge in [-0.25, -0.2) is 4.39 Å². The number of aryl methyl sites for hydroxylation is 2. The van der Waals surface area contributed by atoms with Gasteiger partial charge in [0.25, 0.3) is 5.91 Å². The fourth-order valence-electron chi connectivity index (χ4n) is 3.50. The molecule has 1 aliphatic heterocycles. The first-order valence-corrected chi connectivity index (χ1v) is 10.7. The first-order valence-electron chi connectivity index (χ1n) is 9.61. The lowest BCUT2D eigenvalue weighted by Gasteiger charge is -2.25. The maximum Gasteiger partial charge on any atom is 0.255 e. The SMILES string of the molecule is Cc1ccc(F)c(N2C(=O)CSC2c2ccc(NC(=O)c3ccccc3C)cc2)c1. The summed E-state index contributed by atoms with van der Waals surface area (Å²) in [5.41, 5.74) is 4.26. The van der Waals surface area contributed by atoms with Gasteiger partial charge in [0.1, 0.15) is 11.2 Å². The average molecular weight is 421 g/mol. The number of thioether (sulfide) groups is 1. The van der Waals surface area contributed by atoms with Gasteiger partial charge in [-0.15, -0.1) is 11.8 Å². The van der Waals surface area contributed by atoms with E-state index in [4.69, 9.17) is 0 Å². The third-order valence-electron chi connectivity index (χ3n) is 5.07. The maximum absolute atomic E-state index is 14.4. The molecule has 1 aliphatic rings. The smallest absolute Gasteiger partial charge is 0.255 e. The Bertz CT molecular complexity index is 1110. The van der Waals surface area contributed by atoms with Crippen molar-refractivity contribution in [3.63, 3.8) is 0 Å². The zero-order chi connectivity index (χ0) is 21.3. The lowest BCUT2D eigenvalue weighted by Crippen LogP contribution is -2.28. The number of hydrogen-bond donors (Lipinski definition) is 1. The molecule has 30 heavy (non-hydrogen) atoms. The van der Waals surface area contributed by atoms with Gasteiger partial charge >= 0.3 is 0 Å². The molecule has 152 valence electrons. The van der Waals surface area contributed by atoms with Crippen LogP contribution in [0.25, 0.3) is 0 Å². The Morgan fingerprint density at radius 3 is 2.53 bits per heavy atom. The van der Waals surface area contributed by atoms with Crippen LogP contribution in [-0.4, -0.2) is 17.6 Å². The van der Waals surface area contributed by atoms with Gasteiger partial charge in [0.2, 0.25) is 5.91 Å². The number of rotatable bonds is 4. The first-order chi connectivity index (χ1) is 14.4. The van der Waals surface area contributed by atoms with E-state index in [2.05, 4.69) is 5.32 Å². The third-order valence-corrected chi connectivity index (χ3v) is 6.28. The summed E-state index contributed by atoms with van der Waals surface area (Å²) in [7, 11) is 0. The number of nitrogens with zero attached hydrogens (tertiary/aromatic N) is 1. The maximum atomic E-state index is 14.4. The fraction of sp³-hybridized carbons (Fsp3) is 0.167. The summed E-state index contributed by atoms with van der Waals surface area (Å²) in [6, 6.07) is 19.5. The number of carbonyl (C=O) groups excluding carboxylic acids is 2. The van der Waals surface area contributed by atoms with Gasteiger partial charge in [-0.3, -0.25) is 14.5 Å². The molecule has 6 heteroatoms. The summed E-state index contributed by atoms with van der Waals surface area (Å²) in [4.78, 5) is 26.5. The van der Waals surface area contributed by atoms with E-state index in [1.54, 1.807) is 30.3 Å². The van der Waals surface area contributed by atoms with Gasteiger partial charge in [-0.05, 0) is 60.9 Å². The van der Waals surface area contributed by atoms with Crippen molar-refractivity contribution in [1.29, 1.82) is 0 Å². The molecular weight excluding hydrogens is 399 g/mol. The number of hydrogen-bond acceptors (Lipinski definition) is 3. The summed E-state index contributed by atoms with van der Waals surface area (Å²) in [6.45, 7) is 3.77. The molecule has 1 atom stereocenters. The molecule has 1 fully saturated rings. The molecule has 2 amide bonds. The number of nitrogens with one attached hydrogen (secondary N) is 1. The Morgan fingerprint density at radius 1 is 1.07 bits per heavy atom. The summed E-state index contributed by atoms with van der Waals surface area (Å²) < 4.78 is 14.4. The van der Waals surface area contributed by atoms with Crippen LogP contribution in [0, 0.1) is 19.7 Å². The zero-order valence-corrected chi connectivity index (χ0v) is 17.5. The van der Waals surface area contributed by atoms with Gasteiger partial charge in [0.15, 0.2) is 0 Å². The Morgan fingerprint density at radius 2 is 1.80 bits per heavy atom. The number of carbonyl (C=O) groups is 2. The van der Waals surface area contributed by atoms with E-state index in [0.717, 1.165) is 16.7 Å². The van der Waals surface area contributed by atoms with E-state index in [0.29, 0.717) is 22.7 Å². The number of benzene rings is 3. The Kier molecular flexibility index (Phi) is 5.59. The molecule has 1 unspecified atom stereocenters. The quantitative estimate of drug-likeness (QED) is 0.609. The van der Waals surface area contributed by atoms with Gasteiger partial charge in [0, 0.05) is 11.3 Å². The topological polar surface area (TPSA) is 49.4 Å². The van der Waals surface area contributed by atoms with Crippen molar-refractivity contribution in [2.24, 2.45) is 0 Å². The van der Waals surface area contributed by atoms with Crippen LogP contribution in [-0.2, 0) is 4.79 Å². The first kappa shape index (κ1) is 20.2. The highest BCUT2D eigenvalue weighted by molar-refractivity contribution is 8.00. The van der Waals surface area contributed by atoms with Crippen LogP contribution in [0.1, 0.15) is 32.4 Å². The Hall–Kier alpha value is -3.12. The molecule has 0 aliphatic carbocycles. The van der Waals surface area contributed by atoms with Crippen LogP contribution in [0.15, 0.2) is 66.7 Å². The Balaban J connectivity index is 1.56. The van der Waals surface area contributed by atoms with E-state index in [9.17, 15) is 14.0 Å². The second kappa shape index (κ2) is 8.32. The second-order valence-corrected chi connectivity index (χ2v) is 8.34. The predicted octanol–water partition coefficient (Wildman–Crippen LogP) is 5.47. The van der Waals surface area contributed by atoms with Crippen LogP contribution in [0.4, 0.5) is 15.8 Å². The lowest BCUT2D eigenvalue weighted by molar-refractivity contribution is -0.115. The van der Waals surface area contributed by atoms with Crippen LogP contribution in [0.3, 0.4) is 0 Å². The summed E-state index contributed by atoms with van der Waals surface area (Å²) >= 11 is 1.46.